The van der Waals surface area contributed by atoms with E-state index in [0.29, 0.717) is 5.76 Å². The Bertz CT molecular complexity index is 307. The first kappa shape index (κ1) is 11.3. The topological polar surface area (TPSA) is 33.5 Å². The van der Waals surface area contributed by atoms with Crippen LogP contribution in [0.25, 0.3) is 0 Å². The van der Waals surface area contributed by atoms with Crippen LogP contribution in [0, 0.1) is 0 Å². The second-order valence-electron chi connectivity index (χ2n) is 3.33. The summed E-state index contributed by atoms with van der Waals surface area (Å²) in [6.45, 7) is 2.51. The molecule has 0 spiro atoms. The fourth-order valence-corrected chi connectivity index (χ4v) is 1.89. The van der Waals surface area contributed by atoms with Crippen molar-refractivity contribution in [1.29, 1.82) is 0 Å². The average molecular weight is 213 g/mol. The highest BCUT2D eigenvalue weighted by molar-refractivity contribution is 7.99. The Morgan fingerprint density at radius 2 is 2.21 bits per heavy atom. The molecule has 1 aromatic rings. The Morgan fingerprint density at radius 3 is 2.71 bits per heavy atom. The van der Waals surface area contributed by atoms with Crippen LogP contribution in [0.4, 0.5) is 0 Å². The van der Waals surface area contributed by atoms with Crippen molar-refractivity contribution in [3.05, 3.63) is 17.9 Å². The molecule has 0 radical (unpaired) electrons. The summed E-state index contributed by atoms with van der Waals surface area (Å²) in [5, 5.41) is 0.817. The fraction of sp³-hybridized carbons (Fsp3) is 0.500. The van der Waals surface area contributed by atoms with Crippen molar-refractivity contribution in [2.45, 2.75) is 12.0 Å². The molecule has 1 rings (SSSR count). The number of hydrogen-bond acceptors (Lipinski definition) is 4. The van der Waals surface area contributed by atoms with Gasteiger partial charge >= 0.3 is 0 Å². The predicted molar refractivity (Wildman–Crippen MR) is 58.0 cm³/mol. The maximum atomic E-state index is 10.9. The van der Waals surface area contributed by atoms with E-state index < -0.39 is 0 Å². The van der Waals surface area contributed by atoms with E-state index in [2.05, 4.69) is 4.90 Å². The van der Waals surface area contributed by atoms with Crippen molar-refractivity contribution < 1.29 is 9.21 Å². The maximum absolute atomic E-state index is 10.9. The van der Waals surface area contributed by atoms with E-state index in [9.17, 15) is 4.79 Å². The molecule has 0 aromatic carbocycles. The third kappa shape index (κ3) is 3.55. The smallest absolute Gasteiger partial charge is 0.194 e. The van der Waals surface area contributed by atoms with E-state index in [1.165, 1.54) is 6.92 Å². The number of furan rings is 1. The number of nitrogens with zero attached hydrogens (tertiary/aromatic N) is 1. The summed E-state index contributed by atoms with van der Waals surface area (Å²) in [5.74, 6) is 1.39. The number of carbonyl (C=O) groups excluding carboxylic acids is 1. The number of carbonyl (C=O) groups is 1. The van der Waals surface area contributed by atoms with Gasteiger partial charge in [0.25, 0.3) is 0 Å². The minimum Gasteiger partial charge on any atom is -0.447 e. The molecule has 1 heterocycles. The molecular formula is C10H15NO2S. The first-order valence-corrected chi connectivity index (χ1v) is 5.46. The quantitative estimate of drug-likeness (QED) is 0.554. The molecule has 0 fully saturated rings. The van der Waals surface area contributed by atoms with Gasteiger partial charge in [0, 0.05) is 19.2 Å². The summed E-state index contributed by atoms with van der Waals surface area (Å²) in [6, 6.07) is 3.57. The second kappa shape index (κ2) is 5.22. The summed E-state index contributed by atoms with van der Waals surface area (Å²) in [4.78, 5) is 13.0. The Balaban J connectivity index is 2.40. The van der Waals surface area contributed by atoms with Crippen molar-refractivity contribution in [3.8, 4) is 0 Å². The lowest BCUT2D eigenvalue weighted by atomic mass is 10.3. The van der Waals surface area contributed by atoms with Gasteiger partial charge < -0.3 is 9.32 Å². The van der Waals surface area contributed by atoms with Crippen molar-refractivity contribution in [3.63, 3.8) is 0 Å². The molecule has 0 aliphatic carbocycles. The van der Waals surface area contributed by atoms with E-state index in [4.69, 9.17) is 4.42 Å². The largest absolute Gasteiger partial charge is 0.447 e. The normalized spacial score (nSPS) is 10.9. The molecule has 0 saturated carbocycles. The van der Waals surface area contributed by atoms with Crippen molar-refractivity contribution >= 4 is 17.5 Å². The number of ketones is 1. The summed E-state index contributed by atoms with van der Waals surface area (Å²) in [6.07, 6.45) is 0. The molecule has 0 bridgehead atoms. The first-order valence-electron chi connectivity index (χ1n) is 4.48. The van der Waals surface area contributed by atoms with E-state index >= 15 is 0 Å². The molecule has 78 valence electrons. The maximum Gasteiger partial charge on any atom is 0.194 e. The van der Waals surface area contributed by atoms with Gasteiger partial charge in [-0.1, -0.05) is 11.8 Å². The predicted octanol–water partition coefficient (Wildman–Crippen LogP) is 2.14. The molecule has 14 heavy (non-hydrogen) atoms. The molecule has 0 amide bonds. The van der Waals surface area contributed by atoms with Crippen LogP contribution in [-0.4, -0.2) is 37.1 Å². The summed E-state index contributed by atoms with van der Waals surface area (Å²) in [5.41, 5.74) is 0. The van der Waals surface area contributed by atoms with Crippen LogP contribution < -0.4 is 0 Å². The Labute approximate surface area is 88.5 Å². The highest BCUT2D eigenvalue weighted by Crippen LogP contribution is 2.20. The number of thioether (sulfide) groups is 1. The van der Waals surface area contributed by atoms with E-state index in [1.54, 1.807) is 17.8 Å². The Hall–Kier alpha value is -0.740. The zero-order chi connectivity index (χ0) is 10.6. The van der Waals surface area contributed by atoms with Crippen molar-refractivity contribution in [1.82, 2.24) is 4.90 Å². The SMILES string of the molecule is CC(=O)c1ccc(SCCN(C)C)o1. The zero-order valence-electron chi connectivity index (χ0n) is 8.74. The molecule has 1 aromatic heterocycles. The monoisotopic (exact) mass is 213 g/mol. The molecular weight excluding hydrogens is 198 g/mol. The number of Topliss-reactive ketones (excluding diaryl/α,β-unsaturated/α-hetero) is 1. The fourth-order valence-electron chi connectivity index (χ4n) is 0.916. The summed E-state index contributed by atoms with van der Waals surface area (Å²) in [7, 11) is 4.06. The van der Waals surface area contributed by atoms with Gasteiger partial charge in [0.15, 0.2) is 16.6 Å². The van der Waals surface area contributed by atoms with Gasteiger partial charge in [-0.3, -0.25) is 4.79 Å². The van der Waals surface area contributed by atoms with Crippen molar-refractivity contribution in [2.75, 3.05) is 26.4 Å². The molecule has 0 aliphatic heterocycles. The minimum atomic E-state index is -0.0236. The van der Waals surface area contributed by atoms with Crippen LogP contribution in [0.1, 0.15) is 17.5 Å². The Morgan fingerprint density at radius 1 is 1.50 bits per heavy atom. The van der Waals surface area contributed by atoms with Crippen LogP contribution in [-0.2, 0) is 0 Å². The van der Waals surface area contributed by atoms with Crippen molar-refractivity contribution in [2.24, 2.45) is 0 Å². The second-order valence-corrected chi connectivity index (χ2v) is 4.43. The van der Waals surface area contributed by atoms with Gasteiger partial charge in [-0.05, 0) is 26.2 Å². The van der Waals surface area contributed by atoms with Crippen LogP contribution in [0.15, 0.2) is 21.6 Å². The molecule has 0 saturated heterocycles. The molecule has 0 aliphatic rings. The lowest BCUT2D eigenvalue weighted by Gasteiger charge is -2.06. The lowest BCUT2D eigenvalue weighted by molar-refractivity contribution is 0.0982. The van der Waals surface area contributed by atoms with Crippen LogP contribution >= 0.6 is 11.8 Å². The third-order valence-corrected chi connectivity index (χ3v) is 2.60. The third-order valence-electron chi connectivity index (χ3n) is 1.71. The van der Waals surface area contributed by atoms with Gasteiger partial charge in [0.2, 0.25) is 0 Å². The number of rotatable bonds is 5. The number of hydrogen-bond donors (Lipinski definition) is 0. The summed E-state index contributed by atoms with van der Waals surface area (Å²) < 4.78 is 5.32. The first-order chi connectivity index (χ1) is 6.59. The van der Waals surface area contributed by atoms with Gasteiger partial charge in [0.1, 0.15) is 0 Å². The molecule has 0 unspecified atom stereocenters. The highest BCUT2D eigenvalue weighted by atomic mass is 32.2. The van der Waals surface area contributed by atoms with E-state index in [0.717, 1.165) is 17.4 Å². The van der Waals surface area contributed by atoms with Gasteiger partial charge in [0.05, 0.1) is 0 Å². The van der Waals surface area contributed by atoms with E-state index in [-0.39, 0.29) is 5.78 Å². The molecule has 3 nitrogen and oxygen atoms in total. The van der Waals surface area contributed by atoms with Crippen LogP contribution in [0.2, 0.25) is 0 Å². The molecule has 0 N–H and O–H groups in total. The lowest BCUT2D eigenvalue weighted by Crippen LogP contribution is -2.14. The van der Waals surface area contributed by atoms with Gasteiger partial charge in [-0.25, -0.2) is 0 Å². The van der Waals surface area contributed by atoms with Gasteiger partial charge in [-0.15, -0.1) is 0 Å². The van der Waals surface area contributed by atoms with Gasteiger partial charge in [-0.2, -0.15) is 0 Å². The van der Waals surface area contributed by atoms with Crippen LogP contribution in [0.5, 0.6) is 0 Å². The van der Waals surface area contributed by atoms with Crippen LogP contribution in [0.3, 0.4) is 0 Å². The average Bonchev–Trinajstić information content (AvgIpc) is 2.52. The molecule has 0 atom stereocenters. The molecule has 4 heteroatoms. The standard InChI is InChI=1S/C10H15NO2S/c1-8(12)9-4-5-10(13-9)14-7-6-11(2)3/h4-5H,6-7H2,1-3H3. The Kier molecular flexibility index (Phi) is 4.22. The van der Waals surface area contributed by atoms with E-state index in [1.807, 2.05) is 20.2 Å². The highest BCUT2D eigenvalue weighted by Gasteiger charge is 2.06. The summed E-state index contributed by atoms with van der Waals surface area (Å²) >= 11 is 1.63. The zero-order valence-corrected chi connectivity index (χ0v) is 9.56. The minimum absolute atomic E-state index is 0.0236.